The lowest BCUT2D eigenvalue weighted by Crippen LogP contribution is -2.49. The van der Waals surface area contributed by atoms with Gasteiger partial charge in [0.1, 0.15) is 17.0 Å². The molecule has 0 aliphatic rings. The first-order chi connectivity index (χ1) is 11.5. The van der Waals surface area contributed by atoms with Gasteiger partial charge < -0.3 is 20.5 Å². The number of rotatable bonds is 8. The molecule has 0 bridgehead atoms. The zero-order valence-corrected chi connectivity index (χ0v) is 15.3. The largest absolute Gasteiger partial charge is 0.497 e. The van der Waals surface area contributed by atoms with Gasteiger partial charge in [0.15, 0.2) is 0 Å². The molecule has 0 aliphatic heterocycles. The van der Waals surface area contributed by atoms with Crippen molar-refractivity contribution in [3.63, 3.8) is 0 Å². The number of hydrogen-bond acceptors (Lipinski definition) is 4. The van der Waals surface area contributed by atoms with Crippen LogP contribution in [0.15, 0.2) is 54.6 Å². The molecule has 1 amide bonds. The van der Waals surface area contributed by atoms with Gasteiger partial charge in [0, 0.05) is 6.54 Å². The molecule has 1 atom stereocenters. The van der Waals surface area contributed by atoms with Crippen molar-refractivity contribution >= 4 is 18.3 Å². The maximum atomic E-state index is 12.3. The molecule has 6 heteroatoms. The van der Waals surface area contributed by atoms with Crippen LogP contribution in [-0.4, -0.2) is 26.2 Å². The standard InChI is InChI=1S/C19H24N2O3.ClH/c1-19(20,15-7-4-3-5-8-15)18(22)21-13-6-14-24-17-11-9-16(23-2)10-12-17;/h3-5,7-12H,6,13-14,20H2,1-2H3,(H,21,22);1H. The topological polar surface area (TPSA) is 73.6 Å². The predicted molar refractivity (Wildman–Crippen MR) is 101 cm³/mol. The van der Waals surface area contributed by atoms with Crippen LogP contribution in [0.5, 0.6) is 11.5 Å². The van der Waals surface area contributed by atoms with Crippen LogP contribution in [0.3, 0.4) is 0 Å². The molecule has 0 aliphatic carbocycles. The van der Waals surface area contributed by atoms with Crippen molar-refractivity contribution < 1.29 is 14.3 Å². The summed E-state index contributed by atoms with van der Waals surface area (Å²) in [6.45, 7) is 2.74. The number of halogens is 1. The van der Waals surface area contributed by atoms with Crippen LogP contribution in [0.1, 0.15) is 18.9 Å². The Kier molecular flexibility index (Phi) is 8.25. The normalized spacial score (nSPS) is 12.4. The van der Waals surface area contributed by atoms with Gasteiger partial charge in [-0.25, -0.2) is 0 Å². The average molecular weight is 365 g/mol. The van der Waals surface area contributed by atoms with Crippen molar-refractivity contribution in [1.82, 2.24) is 5.32 Å². The third-order valence-electron chi connectivity index (χ3n) is 3.78. The Hall–Kier alpha value is -2.24. The van der Waals surface area contributed by atoms with Gasteiger partial charge >= 0.3 is 0 Å². The fourth-order valence-corrected chi connectivity index (χ4v) is 2.24. The molecular weight excluding hydrogens is 340 g/mol. The summed E-state index contributed by atoms with van der Waals surface area (Å²) < 4.78 is 10.7. The van der Waals surface area contributed by atoms with Crippen molar-refractivity contribution in [3.8, 4) is 11.5 Å². The summed E-state index contributed by atoms with van der Waals surface area (Å²) in [5.41, 5.74) is 5.90. The molecule has 2 rings (SSSR count). The minimum absolute atomic E-state index is 0. The highest BCUT2D eigenvalue weighted by molar-refractivity contribution is 5.86. The second-order valence-corrected chi connectivity index (χ2v) is 5.70. The van der Waals surface area contributed by atoms with E-state index >= 15 is 0 Å². The number of nitrogens with two attached hydrogens (primary N) is 1. The molecule has 0 fully saturated rings. The summed E-state index contributed by atoms with van der Waals surface area (Å²) in [5, 5.41) is 2.86. The monoisotopic (exact) mass is 364 g/mol. The quantitative estimate of drug-likeness (QED) is 0.706. The fraction of sp³-hybridized carbons (Fsp3) is 0.316. The zero-order valence-electron chi connectivity index (χ0n) is 14.5. The second kappa shape index (κ2) is 9.91. The molecule has 0 radical (unpaired) electrons. The molecule has 5 nitrogen and oxygen atoms in total. The van der Waals surface area contributed by atoms with Gasteiger partial charge in [0.05, 0.1) is 13.7 Å². The highest BCUT2D eigenvalue weighted by atomic mass is 35.5. The number of hydrogen-bond donors (Lipinski definition) is 2. The molecule has 0 aromatic heterocycles. The summed E-state index contributed by atoms with van der Waals surface area (Å²) in [5.74, 6) is 1.37. The van der Waals surface area contributed by atoms with Crippen LogP contribution >= 0.6 is 12.4 Å². The van der Waals surface area contributed by atoms with E-state index in [-0.39, 0.29) is 18.3 Å². The summed E-state index contributed by atoms with van der Waals surface area (Å²) in [6, 6.07) is 16.7. The Labute approximate surface area is 154 Å². The third kappa shape index (κ3) is 5.96. The van der Waals surface area contributed by atoms with Crippen LogP contribution in [0.4, 0.5) is 0 Å². The first-order valence-corrected chi connectivity index (χ1v) is 7.93. The Morgan fingerprint density at radius 1 is 1.08 bits per heavy atom. The summed E-state index contributed by atoms with van der Waals surface area (Å²) in [6.07, 6.45) is 0.697. The maximum absolute atomic E-state index is 12.3. The number of carbonyl (C=O) groups excluding carboxylic acids is 1. The number of methoxy groups -OCH3 is 1. The Morgan fingerprint density at radius 2 is 1.68 bits per heavy atom. The van der Waals surface area contributed by atoms with Crippen LogP contribution < -0.4 is 20.5 Å². The lowest BCUT2D eigenvalue weighted by molar-refractivity contribution is -0.126. The van der Waals surface area contributed by atoms with E-state index in [0.29, 0.717) is 19.6 Å². The van der Waals surface area contributed by atoms with E-state index < -0.39 is 5.54 Å². The lowest BCUT2D eigenvalue weighted by atomic mass is 9.92. The molecule has 0 saturated carbocycles. The molecule has 0 spiro atoms. The van der Waals surface area contributed by atoms with E-state index in [1.807, 2.05) is 54.6 Å². The second-order valence-electron chi connectivity index (χ2n) is 5.70. The first-order valence-electron chi connectivity index (χ1n) is 7.93. The first kappa shape index (κ1) is 20.8. The SMILES string of the molecule is COc1ccc(OCCCNC(=O)C(C)(N)c2ccccc2)cc1.Cl. The van der Waals surface area contributed by atoms with Crippen molar-refractivity contribution in [2.45, 2.75) is 18.9 Å². The summed E-state index contributed by atoms with van der Waals surface area (Å²) in [7, 11) is 1.62. The van der Waals surface area contributed by atoms with E-state index in [4.69, 9.17) is 15.2 Å². The van der Waals surface area contributed by atoms with Crippen LogP contribution in [-0.2, 0) is 10.3 Å². The predicted octanol–water partition coefficient (Wildman–Crippen LogP) is 2.88. The zero-order chi connectivity index (χ0) is 17.4. The van der Waals surface area contributed by atoms with E-state index in [1.165, 1.54) is 0 Å². The summed E-state index contributed by atoms with van der Waals surface area (Å²) in [4.78, 5) is 12.3. The van der Waals surface area contributed by atoms with Gasteiger partial charge in [-0.3, -0.25) is 4.79 Å². The lowest BCUT2D eigenvalue weighted by Gasteiger charge is -2.24. The highest BCUT2D eigenvalue weighted by Gasteiger charge is 2.29. The molecule has 1 unspecified atom stereocenters. The molecule has 2 aromatic carbocycles. The van der Waals surface area contributed by atoms with Gasteiger partial charge in [-0.15, -0.1) is 12.4 Å². The number of carbonyl (C=O) groups is 1. The van der Waals surface area contributed by atoms with Crippen molar-refractivity contribution in [2.24, 2.45) is 5.73 Å². The van der Waals surface area contributed by atoms with E-state index in [9.17, 15) is 4.79 Å². The van der Waals surface area contributed by atoms with E-state index in [0.717, 1.165) is 17.1 Å². The van der Waals surface area contributed by atoms with E-state index in [2.05, 4.69) is 5.32 Å². The number of nitrogens with one attached hydrogen (secondary N) is 1. The fourth-order valence-electron chi connectivity index (χ4n) is 2.24. The minimum atomic E-state index is -1.04. The number of benzene rings is 2. The molecule has 25 heavy (non-hydrogen) atoms. The van der Waals surface area contributed by atoms with E-state index in [1.54, 1.807) is 14.0 Å². The van der Waals surface area contributed by atoms with Crippen molar-refractivity contribution in [3.05, 3.63) is 60.2 Å². The molecule has 0 heterocycles. The molecule has 136 valence electrons. The van der Waals surface area contributed by atoms with Gasteiger partial charge in [-0.05, 0) is 43.2 Å². The average Bonchev–Trinajstić information content (AvgIpc) is 2.62. The maximum Gasteiger partial charge on any atom is 0.244 e. The third-order valence-corrected chi connectivity index (χ3v) is 3.78. The molecule has 0 saturated heterocycles. The molecule has 2 aromatic rings. The van der Waals surface area contributed by atoms with Crippen LogP contribution in [0.2, 0.25) is 0 Å². The van der Waals surface area contributed by atoms with Crippen molar-refractivity contribution in [1.29, 1.82) is 0 Å². The highest BCUT2D eigenvalue weighted by Crippen LogP contribution is 2.18. The summed E-state index contributed by atoms with van der Waals surface area (Å²) >= 11 is 0. The van der Waals surface area contributed by atoms with Gasteiger partial charge in [0.25, 0.3) is 0 Å². The van der Waals surface area contributed by atoms with Crippen LogP contribution in [0, 0.1) is 0 Å². The smallest absolute Gasteiger partial charge is 0.244 e. The number of amides is 1. The van der Waals surface area contributed by atoms with Gasteiger partial charge in [0.2, 0.25) is 5.91 Å². The van der Waals surface area contributed by atoms with Gasteiger partial charge in [-0.1, -0.05) is 30.3 Å². The Bertz CT molecular complexity index is 645. The van der Waals surface area contributed by atoms with Crippen LogP contribution in [0.25, 0.3) is 0 Å². The Balaban J connectivity index is 0.00000312. The molecule has 3 N–H and O–H groups in total. The molecular formula is C19H25ClN2O3. The van der Waals surface area contributed by atoms with Crippen molar-refractivity contribution in [2.75, 3.05) is 20.3 Å². The minimum Gasteiger partial charge on any atom is -0.497 e. The number of ether oxygens (including phenoxy) is 2. The van der Waals surface area contributed by atoms with Gasteiger partial charge in [-0.2, -0.15) is 0 Å². The Morgan fingerprint density at radius 3 is 2.28 bits per heavy atom.